The Bertz CT molecular complexity index is 372. The van der Waals surface area contributed by atoms with Crippen LogP contribution in [0.5, 0.6) is 0 Å². The fraction of sp³-hybridized carbons (Fsp3) is 1.00. The minimum Gasteiger partial charge on any atom is -0.355 e. The van der Waals surface area contributed by atoms with Gasteiger partial charge in [-0.1, -0.05) is 103 Å². The summed E-state index contributed by atoms with van der Waals surface area (Å²) in [5.74, 6) is 0. The SMILES string of the molecule is COC1(N=NC2CCCCCCCCCCC2)CCCCCCCCCCC1. The van der Waals surface area contributed by atoms with E-state index in [0.717, 1.165) is 12.8 Å². The van der Waals surface area contributed by atoms with Gasteiger partial charge in [-0.05, 0) is 38.5 Å². The van der Waals surface area contributed by atoms with Gasteiger partial charge in [0.2, 0.25) is 0 Å². The van der Waals surface area contributed by atoms with Gasteiger partial charge < -0.3 is 4.74 Å². The van der Waals surface area contributed by atoms with Crippen molar-refractivity contribution in [3.63, 3.8) is 0 Å². The molecule has 0 unspecified atom stereocenters. The van der Waals surface area contributed by atoms with Crippen molar-refractivity contribution < 1.29 is 4.74 Å². The minimum absolute atomic E-state index is 0.344. The van der Waals surface area contributed by atoms with E-state index in [2.05, 4.69) is 0 Å². The van der Waals surface area contributed by atoms with Gasteiger partial charge in [0.15, 0.2) is 5.72 Å². The number of methoxy groups -OCH3 is 1. The zero-order valence-corrected chi connectivity index (χ0v) is 18.9. The second-order valence-electron chi connectivity index (χ2n) is 9.46. The van der Waals surface area contributed by atoms with Gasteiger partial charge in [-0.25, -0.2) is 0 Å². The van der Waals surface area contributed by atoms with Crippen molar-refractivity contribution in [3.05, 3.63) is 0 Å². The highest BCUT2D eigenvalue weighted by Crippen LogP contribution is 2.30. The molecule has 0 aromatic rings. The van der Waals surface area contributed by atoms with Gasteiger partial charge >= 0.3 is 0 Å². The van der Waals surface area contributed by atoms with E-state index in [0.29, 0.717) is 6.04 Å². The van der Waals surface area contributed by atoms with E-state index < -0.39 is 0 Å². The molecule has 2 aliphatic carbocycles. The Hall–Kier alpha value is -0.440. The molecule has 0 N–H and O–H groups in total. The molecule has 0 aliphatic heterocycles. The third kappa shape index (κ3) is 10.4. The average molecular weight is 393 g/mol. The van der Waals surface area contributed by atoms with Crippen molar-refractivity contribution in [1.29, 1.82) is 0 Å². The largest absolute Gasteiger partial charge is 0.355 e. The molecule has 0 spiro atoms. The van der Waals surface area contributed by atoms with Crippen LogP contribution in [0.25, 0.3) is 0 Å². The molecule has 0 aromatic carbocycles. The van der Waals surface area contributed by atoms with Crippen molar-refractivity contribution in [2.24, 2.45) is 10.2 Å². The number of nitrogens with zero attached hydrogens (tertiary/aromatic N) is 2. The summed E-state index contributed by atoms with van der Waals surface area (Å²) in [6.07, 6.45) is 29.2. The van der Waals surface area contributed by atoms with Gasteiger partial charge in [0.25, 0.3) is 0 Å². The van der Waals surface area contributed by atoms with Crippen LogP contribution < -0.4 is 0 Å². The van der Waals surface area contributed by atoms with E-state index in [1.54, 1.807) is 0 Å². The topological polar surface area (TPSA) is 34.0 Å². The van der Waals surface area contributed by atoms with Crippen LogP contribution in [-0.2, 0) is 4.74 Å². The Morgan fingerprint density at radius 1 is 0.536 bits per heavy atom. The highest BCUT2D eigenvalue weighted by molar-refractivity contribution is 4.78. The van der Waals surface area contributed by atoms with Crippen LogP contribution in [0.1, 0.15) is 141 Å². The Balaban J connectivity index is 1.93. The fourth-order valence-corrected chi connectivity index (χ4v) is 4.95. The third-order valence-corrected chi connectivity index (χ3v) is 6.99. The maximum Gasteiger partial charge on any atom is 0.178 e. The molecule has 3 heteroatoms. The van der Waals surface area contributed by atoms with Crippen LogP contribution in [0.4, 0.5) is 0 Å². The molecule has 164 valence electrons. The molecule has 3 nitrogen and oxygen atoms in total. The lowest BCUT2D eigenvalue weighted by Crippen LogP contribution is -2.29. The van der Waals surface area contributed by atoms with E-state index in [1.165, 1.54) is 128 Å². The number of hydrogen-bond acceptors (Lipinski definition) is 3. The van der Waals surface area contributed by atoms with Crippen LogP contribution in [0, 0.1) is 0 Å². The van der Waals surface area contributed by atoms with Gasteiger partial charge in [-0.3, -0.25) is 0 Å². The maximum absolute atomic E-state index is 6.05. The highest BCUT2D eigenvalue weighted by Gasteiger charge is 2.29. The third-order valence-electron chi connectivity index (χ3n) is 6.99. The standard InChI is InChI=1S/C25H48N2O/c1-28-25(22-18-14-10-6-3-7-11-15-19-23-25)27-26-24-20-16-12-8-4-2-5-9-13-17-21-24/h24H,2-23H2,1H3. The molecule has 0 atom stereocenters. The van der Waals surface area contributed by atoms with Crippen molar-refractivity contribution >= 4 is 0 Å². The zero-order valence-electron chi connectivity index (χ0n) is 18.9. The molecule has 0 saturated heterocycles. The lowest BCUT2D eigenvalue weighted by Gasteiger charge is -2.28. The van der Waals surface area contributed by atoms with Crippen LogP contribution in [-0.4, -0.2) is 18.9 Å². The Morgan fingerprint density at radius 3 is 1.29 bits per heavy atom. The molecule has 2 fully saturated rings. The minimum atomic E-state index is -0.344. The van der Waals surface area contributed by atoms with E-state index >= 15 is 0 Å². The molecule has 0 bridgehead atoms. The monoisotopic (exact) mass is 392 g/mol. The first-order valence-electron chi connectivity index (χ1n) is 12.8. The Kier molecular flexibility index (Phi) is 13.1. The lowest BCUT2D eigenvalue weighted by atomic mass is 9.95. The van der Waals surface area contributed by atoms with Gasteiger partial charge in [0.05, 0.1) is 6.04 Å². The Labute approximate surface area is 175 Å². The molecule has 0 aromatic heterocycles. The molecule has 28 heavy (non-hydrogen) atoms. The summed E-state index contributed by atoms with van der Waals surface area (Å²) in [5, 5.41) is 9.90. The quantitative estimate of drug-likeness (QED) is 0.442. The first-order chi connectivity index (χ1) is 13.8. The van der Waals surface area contributed by atoms with Crippen molar-refractivity contribution in [1.82, 2.24) is 0 Å². The van der Waals surface area contributed by atoms with Crippen molar-refractivity contribution in [3.8, 4) is 0 Å². The van der Waals surface area contributed by atoms with E-state index in [9.17, 15) is 0 Å². The molecule has 0 heterocycles. The van der Waals surface area contributed by atoms with Crippen LogP contribution in [0.3, 0.4) is 0 Å². The second kappa shape index (κ2) is 15.4. The van der Waals surface area contributed by atoms with Crippen molar-refractivity contribution in [2.45, 2.75) is 153 Å². The molecule has 0 radical (unpaired) electrons. The molecule has 2 rings (SSSR count). The molecular formula is C25H48N2O. The number of ether oxygens (including phenoxy) is 1. The first-order valence-corrected chi connectivity index (χ1v) is 12.8. The number of hydrogen-bond donors (Lipinski definition) is 0. The molecule has 2 saturated carbocycles. The van der Waals surface area contributed by atoms with Gasteiger partial charge in [-0.15, -0.1) is 0 Å². The van der Waals surface area contributed by atoms with Crippen molar-refractivity contribution in [2.75, 3.05) is 7.11 Å². The number of rotatable bonds is 3. The summed E-state index contributed by atoms with van der Waals surface area (Å²) in [5.41, 5.74) is -0.344. The van der Waals surface area contributed by atoms with Crippen LogP contribution >= 0.6 is 0 Å². The molecular weight excluding hydrogens is 344 g/mol. The van der Waals surface area contributed by atoms with E-state index in [1.807, 2.05) is 7.11 Å². The van der Waals surface area contributed by atoms with Gasteiger partial charge in [0.1, 0.15) is 0 Å². The summed E-state index contributed by atoms with van der Waals surface area (Å²) in [6, 6.07) is 0.424. The Morgan fingerprint density at radius 2 is 0.893 bits per heavy atom. The summed E-state index contributed by atoms with van der Waals surface area (Å²) >= 11 is 0. The molecule has 2 aliphatic rings. The predicted molar refractivity (Wildman–Crippen MR) is 120 cm³/mol. The fourth-order valence-electron chi connectivity index (χ4n) is 4.95. The van der Waals surface area contributed by atoms with Crippen LogP contribution in [0.2, 0.25) is 0 Å². The highest BCUT2D eigenvalue weighted by atomic mass is 16.5. The normalized spacial score (nSPS) is 25.9. The summed E-state index contributed by atoms with van der Waals surface area (Å²) in [6.45, 7) is 0. The summed E-state index contributed by atoms with van der Waals surface area (Å²) < 4.78 is 6.05. The van der Waals surface area contributed by atoms with Gasteiger partial charge in [0, 0.05) is 7.11 Å². The van der Waals surface area contributed by atoms with Gasteiger partial charge in [-0.2, -0.15) is 10.2 Å². The van der Waals surface area contributed by atoms with Crippen LogP contribution in [0.15, 0.2) is 10.2 Å². The summed E-state index contributed by atoms with van der Waals surface area (Å²) in [7, 11) is 1.87. The maximum atomic E-state index is 6.05. The average Bonchev–Trinajstić information content (AvgIpc) is 2.69. The molecule has 0 amide bonds. The number of azo groups is 1. The second-order valence-corrected chi connectivity index (χ2v) is 9.46. The predicted octanol–water partition coefficient (Wildman–Crippen LogP) is 8.76. The smallest absolute Gasteiger partial charge is 0.178 e. The van der Waals surface area contributed by atoms with E-state index in [4.69, 9.17) is 15.0 Å². The first kappa shape index (κ1) is 23.8. The lowest BCUT2D eigenvalue weighted by molar-refractivity contribution is -0.0281. The summed E-state index contributed by atoms with van der Waals surface area (Å²) in [4.78, 5) is 0. The zero-order chi connectivity index (χ0) is 19.8. The van der Waals surface area contributed by atoms with E-state index in [-0.39, 0.29) is 5.72 Å².